The fourth-order valence-corrected chi connectivity index (χ4v) is 4.49. The van der Waals surface area contributed by atoms with E-state index >= 15 is 0 Å². The molecule has 0 aliphatic heterocycles. The number of carboxylic acid groups (broad SMARTS) is 1. The van der Waals surface area contributed by atoms with E-state index in [0.29, 0.717) is 12.3 Å². The van der Waals surface area contributed by atoms with Crippen LogP contribution in [-0.2, 0) is 14.3 Å². The molecular weight excluding hydrogens is 588 g/mol. The number of carbonyl (C=O) groups excluding carboxylic acids is 1. The number of carbonyl (C=O) groups is 2. The fourth-order valence-electron chi connectivity index (χ4n) is 4.29. The standard InChI is InChI=1S/C34H49ClO9/c1-5-22(2)12-6-9-15-26(36)21-29(38)33(41)32(40)24(4)27(35)16-10-7-13-23(3)14-8-11-17-31(39)44-30-20-25(34(42)43)18-19-28(30)37/h6-17,22,24-26,28-30,32-33,36-38,40-41H,5,18-21H2,1-4H3,(H,42,43)/b10-7+,12-6+,14-8+,15-9+,17-11+,23-13+,27-16-. The van der Waals surface area contributed by atoms with Crippen LogP contribution in [0.4, 0.5) is 0 Å². The number of rotatable bonds is 17. The first kappa shape index (κ1) is 39.2. The maximum atomic E-state index is 12.0. The van der Waals surface area contributed by atoms with Crippen molar-refractivity contribution in [1.82, 2.24) is 0 Å². The molecule has 9 atom stereocenters. The minimum atomic E-state index is -1.51. The molecule has 1 fully saturated rings. The van der Waals surface area contributed by atoms with Crippen LogP contribution in [0.1, 0.15) is 59.8 Å². The molecule has 6 N–H and O–H groups in total. The number of halogens is 1. The first-order valence-electron chi connectivity index (χ1n) is 15.0. The Labute approximate surface area is 265 Å². The SMILES string of the molecule is CCC(C)/C=C/C=C/C(O)CC(O)C(O)C(O)C(C)/C(Cl)=C/C=C/C=C(C)/C=C/C=C/C(=O)OC1CC(C(=O)O)CCC1O. The van der Waals surface area contributed by atoms with Crippen molar-refractivity contribution in [3.63, 3.8) is 0 Å². The molecule has 0 amide bonds. The van der Waals surface area contributed by atoms with Crippen LogP contribution in [0.15, 0.2) is 83.5 Å². The summed E-state index contributed by atoms with van der Waals surface area (Å²) < 4.78 is 5.22. The van der Waals surface area contributed by atoms with Crippen LogP contribution in [0.25, 0.3) is 0 Å². The third-order valence-corrected chi connectivity index (χ3v) is 7.97. The monoisotopic (exact) mass is 636 g/mol. The smallest absolute Gasteiger partial charge is 0.331 e. The van der Waals surface area contributed by atoms with Gasteiger partial charge in [0.15, 0.2) is 0 Å². The Kier molecular flexibility index (Phi) is 18.8. The van der Waals surface area contributed by atoms with Crippen LogP contribution in [0.2, 0.25) is 0 Å². The molecule has 0 aromatic rings. The van der Waals surface area contributed by atoms with Crippen molar-refractivity contribution in [2.24, 2.45) is 17.8 Å². The van der Waals surface area contributed by atoms with Crippen molar-refractivity contribution in [1.29, 1.82) is 0 Å². The predicted molar refractivity (Wildman–Crippen MR) is 172 cm³/mol. The third kappa shape index (κ3) is 15.3. The van der Waals surface area contributed by atoms with Gasteiger partial charge in [-0.05, 0) is 31.8 Å². The second-order valence-electron chi connectivity index (χ2n) is 11.3. The van der Waals surface area contributed by atoms with Gasteiger partial charge in [-0.15, -0.1) is 0 Å². The number of allylic oxidation sites excluding steroid dienone is 11. The van der Waals surface area contributed by atoms with Crippen molar-refractivity contribution < 1.29 is 45.0 Å². The van der Waals surface area contributed by atoms with Gasteiger partial charge in [-0.1, -0.05) is 105 Å². The van der Waals surface area contributed by atoms with Gasteiger partial charge in [0.1, 0.15) is 12.2 Å². The molecule has 10 heteroatoms. The number of aliphatic hydroxyl groups is 5. The number of aliphatic hydroxyl groups excluding tert-OH is 5. The maximum Gasteiger partial charge on any atom is 0.331 e. The van der Waals surface area contributed by atoms with Gasteiger partial charge < -0.3 is 35.4 Å². The molecule has 1 rings (SSSR count). The summed E-state index contributed by atoms with van der Waals surface area (Å²) in [6.45, 7) is 7.60. The Morgan fingerprint density at radius 3 is 2.20 bits per heavy atom. The average Bonchev–Trinajstić information content (AvgIpc) is 2.99. The molecule has 246 valence electrons. The Bertz CT molecular complexity index is 1100. The van der Waals surface area contributed by atoms with Gasteiger partial charge in [0.05, 0.1) is 30.3 Å². The summed E-state index contributed by atoms with van der Waals surface area (Å²) in [5, 5.41) is 60.7. The van der Waals surface area contributed by atoms with E-state index in [1.54, 1.807) is 49.5 Å². The molecule has 1 aliphatic rings. The van der Waals surface area contributed by atoms with Crippen molar-refractivity contribution in [2.75, 3.05) is 0 Å². The van der Waals surface area contributed by atoms with Crippen LogP contribution in [0.3, 0.4) is 0 Å². The molecule has 0 aromatic carbocycles. The lowest BCUT2D eigenvalue weighted by Crippen LogP contribution is -2.42. The van der Waals surface area contributed by atoms with Crippen LogP contribution < -0.4 is 0 Å². The summed E-state index contributed by atoms with van der Waals surface area (Å²) in [6.07, 6.45) is 14.4. The zero-order valence-electron chi connectivity index (χ0n) is 25.9. The van der Waals surface area contributed by atoms with Crippen LogP contribution in [0, 0.1) is 17.8 Å². The second kappa shape index (κ2) is 21.0. The van der Waals surface area contributed by atoms with E-state index in [1.165, 1.54) is 18.2 Å². The van der Waals surface area contributed by atoms with Crippen molar-refractivity contribution >= 4 is 23.5 Å². The highest BCUT2D eigenvalue weighted by atomic mass is 35.5. The number of hydrogen-bond acceptors (Lipinski definition) is 8. The number of ether oxygens (including phenoxy) is 1. The van der Waals surface area contributed by atoms with Gasteiger partial charge in [-0.25, -0.2) is 4.79 Å². The topological polar surface area (TPSA) is 165 Å². The van der Waals surface area contributed by atoms with Crippen molar-refractivity contribution in [3.05, 3.63) is 83.5 Å². The van der Waals surface area contributed by atoms with Gasteiger partial charge in [-0.3, -0.25) is 4.79 Å². The molecule has 1 saturated carbocycles. The summed E-state index contributed by atoms with van der Waals surface area (Å²) in [5.74, 6) is -2.54. The van der Waals surface area contributed by atoms with E-state index < -0.39 is 60.4 Å². The summed E-state index contributed by atoms with van der Waals surface area (Å²) in [6, 6.07) is 0. The van der Waals surface area contributed by atoms with Crippen LogP contribution >= 0.6 is 11.6 Å². The number of esters is 1. The molecule has 9 nitrogen and oxygen atoms in total. The Hall–Kier alpha value is -2.79. The summed E-state index contributed by atoms with van der Waals surface area (Å²) >= 11 is 6.31. The Morgan fingerprint density at radius 1 is 0.909 bits per heavy atom. The van der Waals surface area contributed by atoms with Crippen LogP contribution in [0.5, 0.6) is 0 Å². The highest BCUT2D eigenvalue weighted by molar-refractivity contribution is 6.30. The minimum Gasteiger partial charge on any atom is -0.481 e. The molecular formula is C34H49ClO9. The highest BCUT2D eigenvalue weighted by Crippen LogP contribution is 2.27. The normalized spacial score (nSPS) is 24.7. The van der Waals surface area contributed by atoms with E-state index in [0.717, 1.165) is 12.0 Å². The van der Waals surface area contributed by atoms with E-state index in [2.05, 4.69) is 13.8 Å². The molecule has 0 radical (unpaired) electrons. The van der Waals surface area contributed by atoms with Gasteiger partial charge in [0.2, 0.25) is 0 Å². The lowest BCUT2D eigenvalue weighted by molar-refractivity contribution is -0.159. The third-order valence-electron chi connectivity index (χ3n) is 7.50. The van der Waals surface area contributed by atoms with E-state index in [-0.39, 0.29) is 24.3 Å². The molecule has 0 bridgehead atoms. The van der Waals surface area contributed by atoms with Gasteiger partial charge in [0, 0.05) is 29.9 Å². The maximum absolute atomic E-state index is 12.0. The zero-order chi connectivity index (χ0) is 33.2. The van der Waals surface area contributed by atoms with Gasteiger partial charge in [0.25, 0.3) is 0 Å². The molecule has 0 heterocycles. The quantitative estimate of drug-likeness (QED) is 0.0765. The Balaban J connectivity index is 2.56. The van der Waals surface area contributed by atoms with E-state index in [9.17, 15) is 35.1 Å². The van der Waals surface area contributed by atoms with Crippen LogP contribution in [-0.4, -0.2) is 79.2 Å². The molecule has 1 aliphatic carbocycles. The van der Waals surface area contributed by atoms with Gasteiger partial charge in [-0.2, -0.15) is 0 Å². The number of aliphatic carboxylic acids is 1. The molecule has 9 unspecified atom stereocenters. The molecule has 0 saturated heterocycles. The van der Waals surface area contributed by atoms with Crippen molar-refractivity contribution in [3.8, 4) is 0 Å². The summed E-state index contributed by atoms with van der Waals surface area (Å²) in [5.41, 5.74) is 0.838. The molecule has 0 aromatic heterocycles. The Morgan fingerprint density at radius 2 is 1.55 bits per heavy atom. The average molecular weight is 637 g/mol. The molecule has 0 spiro atoms. The molecule has 44 heavy (non-hydrogen) atoms. The summed E-state index contributed by atoms with van der Waals surface area (Å²) in [4.78, 5) is 23.2. The first-order chi connectivity index (χ1) is 20.8. The highest BCUT2D eigenvalue weighted by Gasteiger charge is 2.35. The lowest BCUT2D eigenvalue weighted by atomic mass is 9.85. The van der Waals surface area contributed by atoms with Gasteiger partial charge >= 0.3 is 11.9 Å². The zero-order valence-corrected chi connectivity index (χ0v) is 26.7. The number of carboxylic acids is 1. The largest absolute Gasteiger partial charge is 0.481 e. The lowest BCUT2D eigenvalue weighted by Gasteiger charge is -2.30. The number of hydrogen-bond donors (Lipinski definition) is 6. The van der Waals surface area contributed by atoms with E-state index in [1.807, 2.05) is 19.1 Å². The van der Waals surface area contributed by atoms with E-state index in [4.69, 9.17) is 21.4 Å². The van der Waals surface area contributed by atoms with Crippen molar-refractivity contribution in [2.45, 2.75) is 96.4 Å². The second-order valence-corrected chi connectivity index (χ2v) is 11.7. The minimum absolute atomic E-state index is 0.0811. The summed E-state index contributed by atoms with van der Waals surface area (Å²) in [7, 11) is 0. The first-order valence-corrected chi connectivity index (χ1v) is 15.4. The fraction of sp³-hybridized carbons (Fsp3) is 0.529. The predicted octanol–water partition coefficient (Wildman–Crippen LogP) is 4.51.